The number of hydrogen-bond acceptors (Lipinski definition) is 2. The molecule has 0 spiro atoms. The first-order chi connectivity index (χ1) is 10.6. The molecule has 1 amide bonds. The van der Waals surface area contributed by atoms with Gasteiger partial charge in [-0.15, -0.1) is 0 Å². The fourth-order valence-electron chi connectivity index (χ4n) is 2.24. The Hall–Kier alpha value is -1.84. The molecule has 0 saturated heterocycles. The highest BCUT2D eigenvalue weighted by Gasteiger charge is 2.07. The molecule has 0 aliphatic rings. The number of carbonyl (C=O) groups is 1. The van der Waals surface area contributed by atoms with Crippen LogP contribution in [0.1, 0.15) is 30.5 Å². The van der Waals surface area contributed by atoms with Crippen molar-refractivity contribution in [3.63, 3.8) is 0 Å². The van der Waals surface area contributed by atoms with E-state index in [2.05, 4.69) is 29.7 Å². The molecule has 2 aromatic rings. The summed E-state index contributed by atoms with van der Waals surface area (Å²) in [5.74, 6) is -0.00168. The fourth-order valence-corrected chi connectivity index (χ4v) is 2.47. The largest absolute Gasteiger partial charge is 0.326 e. The molecule has 0 aliphatic carbocycles. The van der Waals surface area contributed by atoms with Gasteiger partial charge in [0.15, 0.2) is 0 Å². The van der Waals surface area contributed by atoms with Crippen LogP contribution in [-0.2, 0) is 4.79 Å². The molecule has 1 atom stereocenters. The van der Waals surface area contributed by atoms with Gasteiger partial charge in [0.05, 0.1) is 0 Å². The van der Waals surface area contributed by atoms with Crippen molar-refractivity contribution in [3.05, 3.63) is 64.7 Å². The summed E-state index contributed by atoms with van der Waals surface area (Å²) in [7, 11) is 0. The van der Waals surface area contributed by atoms with Gasteiger partial charge in [0.25, 0.3) is 0 Å². The average molecular weight is 317 g/mol. The summed E-state index contributed by atoms with van der Waals surface area (Å²) < 4.78 is 0. The minimum Gasteiger partial charge on any atom is -0.326 e. The number of rotatable bonds is 6. The monoisotopic (exact) mass is 316 g/mol. The molecule has 3 nitrogen and oxygen atoms in total. The van der Waals surface area contributed by atoms with Crippen molar-refractivity contribution in [2.45, 2.75) is 26.3 Å². The van der Waals surface area contributed by atoms with E-state index in [1.807, 2.05) is 37.3 Å². The molecule has 2 N–H and O–H groups in total. The summed E-state index contributed by atoms with van der Waals surface area (Å²) in [5.41, 5.74) is 2.99. The van der Waals surface area contributed by atoms with Crippen LogP contribution in [0, 0.1) is 6.92 Å². The highest BCUT2D eigenvalue weighted by molar-refractivity contribution is 6.30. The molecule has 0 saturated carbocycles. The van der Waals surface area contributed by atoms with Gasteiger partial charge in [0, 0.05) is 29.7 Å². The predicted octanol–water partition coefficient (Wildman–Crippen LogP) is 4.33. The van der Waals surface area contributed by atoms with Crippen LogP contribution < -0.4 is 10.6 Å². The van der Waals surface area contributed by atoms with Crippen LogP contribution in [0.5, 0.6) is 0 Å². The minimum absolute atomic E-state index is 0.00168. The zero-order chi connectivity index (χ0) is 15.9. The lowest BCUT2D eigenvalue weighted by atomic mass is 10.1. The summed E-state index contributed by atoms with van der Waals surface area (Å²) >= 11 is 5.91. The molecule has 0 bridgehead atoms. The Kier molecular flexibility index (Phi) is 5.99. The maximum absolute atomic E-state index is 12.0. The average Bonchev–Trinajstić information content (AvgIpc) is 2.51. The van der Waals surface area contributed by atoms with Gasteiger partial charge in [0.1, 0.15) is 0 Å². The first-order valence-corrected chi connectivity index (χ1v) is 7.78. The molecule has 4 heteroatoms. The van der Waals surface area contributed by atoms with Crippen LogP contribution >= 0.6 is 11.6 Å². The van der Waals surface area contributed by atoms with Crippen LogP contribution in [0.4, 0.5) is 5.69 Å². The molecular formula is C18H21ClN2O. The van der Waals surface area contributed by atoms with Crippen molar-refractivity contribution in [2.24, 2.45) is 0 Å². The van der Waals surface area contributed by atoms with E-state index in [4.69, 9.17) is 11.6 Å². The van der Waals surface area contributed by atoms with E-state index in [1.165, 1.54) is 5.56 Å². The van der Waals surface area contributed by atoms with E-state index in [0.29, 0.717) is 18.0 Å². The second kappa shape index (κ2) is 7.97. The Labute approximate surface area is 136 Å². The normalized spacial score (nSPS) is 12.0. The molecule has 2 aromatic carbocycles. The number of halogens is 1. The lowest BCUT2D eigenvalue weighted by Crippen LogP contribution is -2.24. The van der Waals surface area contributed by atoms with E-state index >= 15 is 0 Å². The van der Waals surface area contributed by atoms with Crippen molar-refractivity contribution in [3.8, 4) is 0 Å². The zero-order valence-electron chi connectivity index (χ0n) is 12.9. The molecule has 0 fully saturated rings. The van der Waals surface area contributed by atoms with Gasteiger partial charge in [-0.3, -0.25) is 4.79 Å². The lowest BCUT2D eigenvalue weighted by molar-refractivity contribution is -0.116. The van der Waals surface area contributed by atoms with Crippen molar-refractivity contribution >= 4 is 23.2 Å². The highest BCUT2D eigenvalue weighted by atomic mass is 35.5. The Morgan fingerprint density at radius 2 is 1.91 bits per heavy atom. The van der Waals surface area contributed by atoms with Crippen LogP contribution in [0.3, 0.4) is 0 Å². The van der Waals surface area contributed by atoms with Gasteiger partial charge in [-0.25, -0.2) is 0 Å². The number of benzene rings is 2. The summed E-state index contributed by atoms with van der Waals surface area (Å²) in [5, 5.41) is 6.95. The molecule has 2 rings (SSSR count). The van der Waals surface area contributed by atoms with E-state index in [1.54, 1.807) is 6.07 Å². The van der Waals surface area contributed by atoms with Gasteiger partial charge < -0.3 is 10.6 Å². The SMILES string of the molecule is Cc1cc(Cl)ccc1NC(=O)CCNC(C)c1ccccc1. The van der Waals surface area contributed by atoms with Crippen molar-refractivity contribution in [1.29, 1.82) is 0 Å². The summed E-state index contributed by atoms with van der Waals surface area (Å²) in [6, 6.07) is 15.9. The van der Waals surface area contributed by atoms with E-state index in [9.17, 15) is 4.79 Å². The summed E-state index contributed by atoms with van der Waals surface area (Å²) in [6.07, 6.45) is 0.430. The van der Waals surface area contributed by atoms with Gasteiger partial charge in [-0.1, -0.05) is 41.9 Å². The third kappa shape index (κ3) is 4.86. The maximum atomic E-state index is 12.0. The Bertz CT molecular complexity index is 628. The summed E-state index contributed by atoms with van der Waals surface area (Å²) in [4.78, 5) is 12.0. The van der Waals surface area contributed by atoms with Crippen LogP contribution in [0.2, 0.25) is 5.02 Å². The number of aryl methyl sites for hydroxylation is 1. The van der Waals surface area contributed by atoms with Crippen LogP contribution in [0.25, 0.3) is 0 Å². The van der Waals surface area contributed by atoms with E-state index in [0.717, 1.165) is 11.3 Å². The highest BCUT2D eigenvalue weighted by Crippen LogP contribution is 2.19. The second-order valence-corrected chi connectivity index (χ2v) is 5.78. The smallest absolute Gasteiger partial charge is 0.225 e. The molecule has 1 unspecified atom stereocenters. The molecule has 116 valence electrons. The third-order valence-electron chi connectivity index (χ3n) is 3.56. The van der Waals surface area contributed by atoms with Crippen molar-refractivity contribution in [1.82, 2.24) is 5.32 Å². The third-order valence-corrected chi connectivity index (χ3v) is 3.80. The lowest BCUT2D eigenvalue weighted by Gasteiger charge is -2.14. The second-order valence-electron chi connectivity index (χ2n) is 5.34. The molecule has 0 aliphatic heterocycles. The molecular weight excluding hydrogens is 296 g/mol. The predicted molar refractivity (Wildman–Crippen MR) is 92.3 cm³/mol. The van der Waals surface area contributed by atoms with Crippen LogP contribution in [-0.4, -0.2) is 12.5 Å². The quantitative estimate of drug-likeness (QED) is 0.833. The molecule has 22 heavy (non-hydrogen) atoms. The summed E-state index contributed by atoms with van der Waals surface area (Å²) in [6.45, 7) is 4.66. The standard InChI is InChI=1S/C18H21ClN2O/c1-13-12-16(19)8-9-17(13)21-18(22)10-11-20-14(2)15-6-4-3-5-7-15/h3-9,12,14,20H,10-11H2,1-2H3,(H,21,22). The van der Waals surface area contributed by atoms with Gasteiger partial charge >= 0.3 is 0 Å². The molecule has 0 aromatic heterocycles. The topological polar surface area (TPSA) is 41.1 Å². The zero-order valence-corrected chi connectivity index (χ0v) is 13.7. The fraction of sp³-hybridized carbons (Fsp3) is 0.278. The van der Waals surface area contributed by atoms with Gasteiger partial charge in [-0.05, 0) is 43.2 Å². The van der Waals surface area contributed by atoms with Crippen molar-refractivity contribution in [2.75, 3.05) is 11.9 Å². The number of anilines is 1. The molecule has 0 heterocycles. The van der Waals surface area contributed by atoms with Crippen molar-refractivity contribution < 1.29 is 4.79 Å². The Morgan fingerprint density at radius 1 is 1.18 bits per heavy atom. The van der Waals surface area contributed by atoms with E-state index in [-0.39, 0.29) is 11.9 Å². The van der Waals surface area contributed by atoms with E-state index < -0.39 is 0 Å². The Morgan fingerprint density at radius 3 is 2.59 bits per heavy atom. The first-order valence-electron chi connectivity index (χ1n) is 7.40. The van der Waals surface area contributed by atoms with Crippen LogP contribution in [0.15, 0.2) is 48.5 Å². The van der Waals surface area contributed by atoms with Gasteiger partial charge in [-0.2, -0.15) is 0 Å². The maximum Gasteiger partial charge on any atom is 0.225 e. The minimum atomic E-state index is -0.00168. The Balaban J connectivity index is 1.78. The first kappa shape index (κ1) is 16.5. The number of carbonyl (C=O) groups excluding carboxylic acids is 1. The number of nitrogens with one attached hydrogen (secondary N) is 2. The van der Waals surface area contributed by atoms with Gasteiger partial charge in [0.2, 0.25) is 5.91 Å². The molecule has 0 radical (unpaired) electrons. The number of hydrogen-bond donors (Lipinski definition) is 2. The number of amides is 1.